The maximum Gasteiger partial charge on any atom is 0.253 e. The van der Waals surface area contributed by atoms with Crippen molar-refractivity contribution in [1.29, 1.82) is 0 Å². The van der Waals surface area contributed by atoms with Crippen molar-refractivity contribution >= 4 is 11.7 Å². The Kier molecular flexibility index (Phi) is 3.28. The monoisotopic (exact) mass is 241 g/mol. The minimum absolute atomic E-state index is 0.0284. The first-order valence-electron chi connectivity index (χ1n) is 5.62. The molecule has 0 aliphatic rings. The molecule has 4 heteroatoms. The summed E-state index contributed by atoms with van der Waals surface area (Å²) in [6.45, 7) is 0. The highest BCUT2D eigenvalue weighted by Crippen LogP contribution is 2.24. The van der Waals surface area contributed by atoms with E-state index >= 15 is 0 Å². The van der Waals surface area contributed by atoms with Gasteiger partial charge in [0.05, 0.1) is 0 Å². The summed E-state index contributed by atoms with van der Waals surface area (Å²) in [5, 5.41) is 0. The molecule has 0 bridgehead atoms. The third kappa shape index (κ3) is 2.32. The SMILES string of the molecule is CN(C)C(=O)c1cccc(-c2cccnc2N)c1. The normalized spacial score (nSPS) is 10.1. The second-order valence-corrected chi connectivity index (χ2v) is 4.22. The lowest BCUT2D eigenvalue weighted by atomic mass is 10.0. The van der Waals surface area contributed by atoms with Gasteiger partial charge in [0.2, 0.25) is 0 Å². The molecule has 2 aromatic rings. The van der Waals surface area contributed by atoms with Crippen LogP contribution in [0.4, 0.5) is 5.82 Å². The van der Waals surface area contributed by atoms with E-state index in [1.165, 1.54) is 0 Å². The number of aromatic nitrogens is 1. The number of hydrogen-bond donors (Lipinski definition) is 1. The van der Waals surface area contributed by atoms with Gasteiger partial charge < -0.3 is 10.6 Å². The fraction of sp³-hybridized carbons (Fsp3) is 0.143. The molecule has 0 fully saturated rings. The van der Waals surface area contributed by atoms with E-state index in [-0.39, 0.29) is 5.91 Å². The van der Waals surface area contributed by atoms with Crippen molar-refractivity contribution in [2.75, 3.05) is 19.8 Å². The second kappa shape index (κ2) is 4.87. The number of pyridine rings is 1. The van der Waals surface area contributed by atoms with Crippen molar-refractivity contribution in [3.8, 4) is 11.1 Å². The smallest absolute Gasteiger partial charge is 0.253 e. The lowest BCUT2D eigenvalue weighted by Gasteiger charge is -2.11. The molecule has 0 saturated heterocycles. The topological polar surface area (TPSA) is 59.2 Å². The van der Waals surface area contributed by atoms with Crippen LogP contribution >= 0.6 is 0 Å². The molecule has 0 aliphatic carbocycles. The fourth-order valence-electron chi connectivity index (χ4n) is 1.74. The number of benzene rings is 1. The van der Waals surface area contributed by atoms with E-state index in [1.807, 2.05) is 30.3 Å². The van der Waals surface area contributed by atoms with Crippen molar-refractivity contribution in [3.63, 3.8) is 0 Å². The molecule has 0 saturated carbocycles. The number of anilines is 1. The lowest BCUT2D eigenvalue weighted by Crippen LogP contribution is -2.21. The Labute approximate surface area is 106 Å². The largest absolute Gasteiger partial charge is 0.383 e. The summed E-state index contributed by atoms with van der Waals surface area (Å²) in [5.74, 6) is 0.436. The Morgan fingerprint density at radius 2 is 2.00 bits per heavy atom. The lowest BCUT2D eigenvalue weighted by molar-refractivity contribution is 0.0827. The van der Waals surface area contributed by atoms with Crippen LogP contribution in [0.25, 0.3) is 11.1 Å². The van der Waals surface area contributed by atoms with E-state index in [0.29, 0.717) is 11.4 Å². The summed E-state index contributed by atoms with van der Waals surface area (Å²) in [4.78, 5) is 17.5. The maximum atomic E-state index is 11.9. The van der Waals surface area contributed by atoms with Gasteiger partial charge in [0.1, 0.15) is 5.82 Å². The molecule has 2 rings (SSSR count). The summed E-state index contributed by atoms with van der Waals surface area (Å²) in [7, 11) is 3.46. The van der Waals surface area contributed by atoms with Gasteiger partial charge in [-0.2, -0.15) is 0 Å². The van der Waals surface area contributed by atoms with Gasteiger partial charge in [-0.1, -0.05) is 12.1 Å². The maximum absolute atomic E-state index is 11.9. The first kappa shape index (κ1) is 12.1. The Bertz CT molecular complexity index is 579. The summed E-state index contributed by atoms with van der Waals surface area (Å²) in [6, 6.07) is 11.1. The first-order valence-corrected chi connectivity index (χ1v) is 5.62. The van der Waals surface area contributed by atoms with Crippen LogP contribution in [0.1, 0.15) is 10.4 Å². The third-order valence-corrected chi connectivity index (χ3v) is 2.67. The highest BCUT2D eigenvalue weighted by molar-refractivity contribution is 5.95. The van der Waals surface area contributed by atoms with Crippen molar-refractivity contribution in [3.05, 3.63) is 48.2 Å². The molecule has 4 nitrogen and oxygen atoms in total. The molecule has 0 radical (unpaired) electrons. The Morgan fingerprint density at radius 3 is 2.67 bits per heavy atom. The summed E-state index contributed by atoms with van der Waals surface area (Å²) in [6.07, 6.45) is 1.65. The molecule has 0 atom stereocenters. The van der Waals surface area contributed by atoms with Crippen molar-refractivity contribution in [1.82, 2.24) is 9.88 Å². The van der Waals surface area contributed by atoms with Crippen LogP contribution in [0, 0.1) is 0 Å². The zero-order valence-corrected chi connectivity index (χ0v) is 10.4. The van der Waals surface area contributed by atoms with Crippen LogP contribution in [-0.2, 0) is 0 Å². The summed E-state index contributed by atoms with van der Waals surface area (Å²) in [5.41, 5.74) is 8.21. The molecular formula is C14H15N3O. The number of carbonyl (C=O) groups is 1. The van der Waals surface area contributed by atoms with Crippen LogP contribution < -0.4 is 5.73 Å². The molecular weight excluding hydrogens is 226 g/mol. The van der Waals surface area contributed by atoms with E-state index in [9.17, 15) is 4.79 Å². The van der Waals surface area contributed by atoms with E-state index in [4.69, 9.17) is 5.73 Å². The standard InChI is InChI=1S/C14H15N3O/c1-17(2)14(18)11-6-3-5-10(9-11)12-7-4-8-16-13(12)15/h3-9H,1-2H3,(H2,15,16). The molecule has 0 aliphatic heterocycles. The van der Waals surface area contributed by atoms with Crippen LogP contribution in [0.2, 0.25) is 0 Å². The van der Waals surface area contributed by atoms with Crippen molar-refractivity contribution in [2.24, 2.45) is 0 Å². The highest BCUT2D eigenvalue weighted by Gasteiger charge is 2.10. The van der Waals surface area contributed by atoms with Crippen LogP contribution in [0.3, 0.4) is 0 Å². The summed E-state index contributed by atoms with van der Waals surface area (Å²) < 4.78 is 0. The molecule has 18 heavy (non-hydrogen) atoms. The number of amides is 1. The Morgan fingerprint density at radius 1 is 1.22 bits per heavy atom. The quantitative estimate of drug-likeness (QED) is 0.875. The summed E-state index contributed by atoms with van der Waals surface area (Å²) >= 11 is 0. The van der Waals surface area contributed by atoms with Gasteiger partial charge in [0.25, 0.3) is 5.91 Å². The molecule has 1 heterocycles. The predicted octanol–water partition coefficient (Wildman–Crippen LogP) is 2.03. The zero-order valence-electron chi connectivity index (χ0n) is 10.4. The number of hydrogen-bond acceptors (Lipinski definition) is 3. The van der Waals surface area contributed by atoms with Gasteiger partial charge in [-0.15, -0.1) is 0 Å². The number of carbonyl (C=O) groups excluding carboxylic acids is 1. The average Bonchev–Trinajstić information content (AvgIpc) is 2.38. The second-order valence-electron chi connectivity index (χ2n) is 4.22. The molecule has 92 valence electrons. The van der Waals surface area contributed by atoms with E-state index in [1.54, 1.807) is 31.3 Å². The molecule has 1 amide bonds. The van der Waals surface area contributed by atoms with E-state index in [2.05, 4.69) is 4.98 Å². The van der Waals surface area contributed by atoms with Crippen LogP contribution in [0.15, 0.2) is 42.6 Å². The van der Waals surface area contributed by atoms with Gasteiger partial charge in [-0.3, -0.25) is 4.79 Å². The molecule has 1 aromatic carbocycles. The van der Waals surface area contributed by atoms with Gasteiger partial charge in [-0.05, 0) is 29.8 Å². The molecule has 1 aromatic heterocycles. The van der Waals surface area contributed by atoms with Gasteiger partial charge in [0.15, 0.2) is 0 Å². The van der Waals surface area contributed by atoms with Gasteiger partial charge in [0, 0.05) is 31.4 Å². The number of nitrogens with zero attached hydrogens (tertiary/aromatic N) is 2. The number of nitrogens with two attached hydrogens (primary N) is 1. The molecule has 2 N–H and O–H groups in total. The third-order valence-electron chi connectivity index (χ3n) is 2.67. The van der Waals surface area contributed by atoms with Crippen LogP contribution in [0.5, 0.6) is 0 Å². The van der Waals surface area contributed by atoms with Crippen molar-refractivity contribution in [2.45, 2.75) is 0 Å². The minimum atomic E-state index is -0.0284. The van der Waals surface area contributed by atoms with E-state index < -0.39 is 0 Å². The molecule has 0 spiro atoms. The fourth-order valence-corrected chi connectivity index (χ4v) is 1.74. The number of nitrogen functional groups attached to an aromatic ring is 1. The Hall–Kier alpha value is -2.36. The molecule has 0 unspecified atom stereocenters. The number of rotatable bonds is 2. The Balaban J connectivity index is 2.45. The van der Waals surface area contributed by atoms with E-state index in [0.717, 1.165) is 11.1 Å². The highest BCUT2D eigenvalue weighted by atomic mass is 16.2. The first-order chi connectivity index (χ1) is 8.59. The van der Waals surface area contributed by atoms with Gasteiger partial charge >= 0.3 is 0 Å². The van der Waals surface area contributed by atoms with Crippen molar-refractivity contribution < 1.29 is 4.79 Å². The minimum Gasteiger partial charge on any atom is -0.383 e. The predicted molar refractivity (Wildman–Crippen MR) is 72.1 cm³/mol. The van der Waals surface area contributed by atoms with Crippen LogP contribution in [-0.4, -0.2) is 29.9 Å². The van der Waals surface area contributed by atoms with Gasteiger partial charge in [-0.25, -0.2) is 4.98 Å². The zero-order chi connectivity index (χ0) is 13.1. The average molecular weight is 241 g/mol.